The number of nitrogens with zero attached hydrogens (tertiary/aromatic N) is 2. The van der Waals surface area contributed by atoms with Crippen molar-refractivity contribution in [3.8, 4) is 0 Å². The van der Waals surface area contributed by atoms with Gasteiger partial charge in [0.05, 0.1) is 29.2 Å². The van der Waals surface area contributed by atoms with Crippen molar-refractivity contribution in [3.05, 3.63) is 48.7 Å². The Labute approximate surface area is 150 Å². The fraction of sp³-hybridized carbons (Fsp3) is 0.300. The van der Waals surface area contributed by atoms with Crippen LogP contribution in [-0.2, 0) is 14.4 Å². The van der Waals surface area contributed by atoms with Crippen LogP contribution in [0.1, 0.15) is 19.8 Å². The number of hydrogen-bond donors (Lipinski definition) is 1. The molecule has 3 amide bonds. The summed E-state index contributed by atoms with van der Waals surface area (Å²) in [6.45, 7) is 1.59. The number of pyridine rings is 1. The van der Waals surface area contributed by atoms with Gasteiger partial charge in [-0.15, -0.1) is 0 Å². The fourth-order valence-corrected chi connectivity index (χ4v) is 3.71. The van der Waals surface area contributed by atoms with Crippen molar-refractivity contribution >= 4 is 34.3 Å². The molecule has 1 fully saturated rings. The first-order valence-corrected chi connectivity index (χ1v) is 8.74. The summed E-state index contributed by atoms with van der Waals surface area (Å²) >= 11 is 0. The van der Waals surface area contributed by atoms with Gasteiger partial charge in [-0.3, -0.25) is 24.3 Å². The van der Waals surface area contributed by atoms with Crippen LogP contribution in [0, 0.1) is 11.8 Å². The molecule has 1 N–H and O–H groups in total. The quantitative estimate of drug-likeness (QED) is 0.682. The zero-order valence-electron chi connectivity index (χ0n) is 14.4. The molecule has 1 saturated heterocycles. The van der Waals surface area contributed by atoms with Crippen molar-refractivity contribution in [2.45, 2.75) is 25.8 Å². The van der Waals surface area contributed by atoms with Crippen LogP contribution in [0.25, 0.3) is 10.9 Å². The van der Waals surface area contributed by atoms with Gasteiger partial charge in [0.25, 0.3) is 0 Å². The van der Waals surface area contributed by atoms with Crippen LogP contribution < -0.4 is 5.32 Å². The van der Waals surface area contributed by atoms with Crippen molar-refractivity contribution in [3.63, 3.8) is 0 Å². The molecular weight excluding hydrogens is 330 g/mol. The Kier molecular flexibility index (Phi) is 4.03. The van der Waals surface area contributed by atoms with E-state index in [2.05, 4.69) is 10.3 Å². The average molecular weight is 349 g/mol. The highest BCUT2D eigenvalue weighted by Crippen LogP contribution is 2.36. The summed E-state index contributed by atoms with van der Waals surface area (Å²) in [5, 5.41) is 3.68. The van der Waals surface area contributed by atoms with Gasteiger partial charge in [-0.2, -0.15) is 0 Å². The number of hydrogen-bond acceptors (Lipinski definition) is 4. The number of carbonyl (C=O) groups excluding carboxylic acids is 3. The maximum atomic E-state index is 12.6. The van der Waals surface area contributed by atoms with Crippen LogP contribution in [-0.4, -0.2) is 33.6 Å². The first-order chi connectivity index (χ1) is 12.6. The highest BCUT2D eigenvalue weighted by Gasteiger charge is 2.50. The zero-order chi connectivity index (χ0) is 18.3. The van der Waals surface area contributed by atoms with E-state index in [1.54, 1.807) is 13.1 Å². The van der Waals surface area contributed by atoms with Crippen molar-refractivity contribution in [1.82, 2.24) is 9.88 Å². The lowest BCUT2D eigenvalue weighted by Crippen LogP contribution is -2.46. The number of likely N-dealkylation sites (tertiary alicyclic amines) is 1. The number of aromatic nitrogens is 1. The molecule has 4 rings (SSSR count). The molecule has 132 valence electrons. The number of para-hydroxylation sites is 1. The molecule has 6 heteroatoms. The lowest BCUT2D eigenvalue weighted by atomic mass is 9.85. The van der Waals surface area contributed by atoms with Crippen molar-refractivity contribution in [2.24, 2.45) is 11.8 Å². The normalized spacial score (nSPS) is 23.2. The van der Waals surface area contributed by atoms with Crippen molar-refractivity contribution < 1.29 is 14.4 Å². The van der Waals surface area contributed by atoms with E-state index in [0.717, 1.165) is 15.8 Å². The van der Waals surface area contributed by atoms with Crippen LogP contribution in [0.5, 0.6) is 0 Å². The predicted octanol–water partition coefficient (Wildman–Crippen LogP) is 2.51. The third kappa shape index (κ3) is 2.67. The fourth-order valence-electron chi connectivity index (χ4n) is 3.71. The van der Waals surface area contributed by atoms with Gasteiger partial charge >= 0.3 is 0 Å². The second-order valence-electron chi connectivity index (χ2n) is 6.78. The maximum absolute atomic E-state index is 12.6. The van der Waals surface area contributed by atoms with E-state index in [4.69, 9.17) is 0 Å². The SMILES string of the molecule is CC(C(=O)Nc1cnc2ccccc2c1)N1C(=O)C2CC=CCC2C1=O. The number of benzene rings is 1. The lowest BCUT2D eigenvalue weighted by molar-refractivity contribution is -0.146. The standard InChI is InChI=1S/C20H19N3O3/c1-12(23-19(25)15-7-3-4-8-16(15)20(23)26)18(24)22-14-10-13-6-2-5-9-17(13)21-11-14/h2-6,9-12,15-16H,7-8H2,1H3,(H,22,24). The molecule has 1 aromatic heterocycles. The first-order valence-electron chi connectivity index (χ1n) is 8.74. The van der Waals surface area contributed by atoms with Crippen molar-refractivity contribution in [2.75, 3.05) is 5.32 Å². The predicted molar refractivity (Wildman–Crippen MR) is 97.0 cm³/mol. The number of rotatable bonds is 3. The molecule has 0 saturated carbocycles. The third-order valence-electron chi connectivity index (χ3n) is 5.17. The molecule has 0 spiro atoms. The maximum Gasteiger partial charge on any atom is 0.247 e. The number of allylic oxidation sites excluding steroid dienone is 2. The van der Waals surface area contributed by atoms with E-state index in [9.17, 15) is 14.4 Å². The second kappa shape index (κ2) is 6.37. The summed E-state index contributed by atoms with van der Waals surface area (Å²) in [6, 6.07) is 8.56. The monoisotopic (exact) mass is 349 g/mol. The summed E-state index contributed by atoms with van der Waals surface area (Å²) in [5.41, 5.74) is 1.37. The molecule has 3 unspecified atom stereocenters. The molecule has 26 heavy (non-hydrogen) atoms. The molecule has 2 heterocycles. The number of imide groups is 1. The van der Waals surface area contributed by atoms with E-state index >= 15 is 0 Å². The smallest absolute Gasteiger partial charge is 0.247 e. The zero-order valence-corrected chi connectivity index (χ0v) is 14.4. The molecule has 3 atom stereocenters. The molecule has 6 nitrogen and oxygen atoms in total. The molecule has 0 bridgehead atoms. The van der Waals surface area contributed by atoms with E-state index in [-0.39, 0.29) is 23.7 Å². The minimum Gasteiger partial charge on any atom is -0.323 e. The molecule has 1 aromatic carbocycles. The molecule has 1 aliphatic heterocycles. The topological polar surface area (TPSA) is 79.4 Å². The van der Waals surface area contributed by atoms with Crippen LogP contribution in [0.3, 0.4) is 0 Å². The summed E-state index contributed by atoms with van der Waals surface area (Å²) < 4.78 is 0. The number of amides is 3. The average Bonchev–Trinajstić information content (AvgIpc) is 2.92. The van der Waals surface area contributed by atoms with Gasteiger partial charge in [0.15, 0.2) is 0 Å². The van der Waals surface area contributed by atoms with E-state index < -0.39 is 11.9 Å². The highest BCUT2D eigenvalue weighted by molar-refractivity contribution is 6.10. The van der Waals surface area contributed by atoms with Gasteiger partial charge in [-0.1, -0.05) is 30.4 Å². The van der Waals surface area contributed by atoms with Gasteiger partial charge in [0.2, 0.25) is 17.7 Å². The molecule has 2 aromatic rings. The Bertz CT molecular complexity index is 911. The van der Waals surface area contributed by atoms with Gasteiger partial charge in [-0.25, -0.2) is 0 Å². The Hall–Kier alpha value is -3.02. The van der Waals surface area contributed by atoms with Crippen LogP contribution in [0.4, 0.5) is 5.69 Å². The molecule has 1 aliphatic carbocycles. The van der Waals surface area contributed by atoms with Gasteiger partial charge < -0.3 is 5.32 Å². The number of anilines is 1. The lowest BCUT2D eigenvalue weighted by Gasteiger charge is -2.22. The van der Waals surface area contributed by atoms with Crippen molar-refractivity contribution in [1.29, 1.82) is 0 Å². The molecule has 0 radical (unpaired) electrons. The third-order valence-corrected chi connectivity index (χ3v) is 5.17. The number of carbonyl (C=O) groups is 3. The van der Waals surface area contributed by atoms with E-state index in [0.29, 0.717) is 18.5 Å². The minimum atomic E-state index is -0.855. The second-order valence-corrected chi connectivity index (χ2v) is 6.78. The highest BCUT2D eigenvalue weighted by atomic mass is 16.2. The van der Waals surface area contributed by atoms with Crippen LogP contribution in [0.2, 0.25) is 0 Å². The van der Waals surface area contributed by atoms with Gasteiger partial charge in [-0.05, 0) is 31.9 Å². The van der Waals surface area contributed by atoms with Crippen LogP contribution >= 0.6 is 0 Å². The molecular formula is C20H19N3O3. The summed E-state index contributed by atoms with van der Waals surface area (Å²) in [4.78, 5) is 43.3. The summed E-state index contributed by atoms with van der Waals surface area (Å²) in [7, 11) is 0. The van der Waals surface area contributed by atoms with E-state index in [1.807, 2.05) is 42.5 Å². The van der Waals surface area contributed by atoms with E-state index in [1.165, 1.54) is 0 Å². The number of nitrogens with one attached hydrogen (secondary N) is 1. The van der Waals surface area contributed by atoms with Gasteiger partial charge in [0, 0.05) is 5.39 Å². The van der Waals surface area contributed by atoms with Crippen LogP contribution in [0.15, 0.2) is 48.7 Å². The Morgan fingerprint density at radius 1 is 1.15 bits per heavy atom. The minimum absolute atomic E-state index is 0.247. The van der Waals surface area contributed by atoms with Gasteiger partial charge in [0.1, 0.15) is 6.04 Å². The number of fused-ring (bicyclic) bond motifs is 2. The molecule has 2 aliphatic rings. The summed E-state index contributed by atoms with van der Waals surface area (Å²) in [5.74, 6) is -1.54. The Morgan fingerprint density at radius 3 is 2.50 bits per heavy atom. The first kappa shape index (κ1) is 16.4. The Morgan fingerprint density at radius 2 is 1.81 bits per heavy atom. The largest absolute Gasteiger partial charge is 0.323 e. The summed E-state index contributed by atoms with van der Waals surface area (Å²) in [6.07, 6.45) is 6.57. The Balaban J connectivity index is 1.52.